The molecule has 0 aliphatic carbocycles. The van der Waals surface area contributed by atoms with Crippen LogP contribution in [0.15, 0.2) is 59.6 Å². The Balaban J connectivity index is 1.60. The van der Waals surface area contributed by atoms with E-state index in [2.05, 4.69) is 38.7 Å². The van der Waals surface area contributed by atoms with Crippen LogP contribution < -0.4 is 20.3 Å². The van der Waals surface area contributed by atoms with Gasteiger partial charge in [0.1, 0.15) is 12.3 Å². The second kappa shape index (κ2) is 11.2. The second-order valence-corrected chi connectivity index (χ2v) is 7.86. The van der Waals surface area contributed by atoms with Crippen molar-refractivity contribution < 1.29 is 9.53 Å². The fraction of sp³-hybridized carbons (Fsp3) is 0.417. The first-order valence-corrected chi connectivity index (χ1v) is 10.7. The summed E-state index contributed by atoms with van der Waals surface area (Å²) in [6, 6.07) is 18.7. The highest BCUT2D eigenvalue weighted by atomic mass is 16.5. The SMILES string of the molecule is COc1ccccc1N1CCC(NC(=NCC(=O)N(C)C)NCCc2ccccc2)C1. The molecule has 1 aliphatic rings. The van der Waals surface area contributed by atoms with Crippen LogP contribution in [0.3, 0.4) is 0 Å². The Hall–Kier alpha value is -3.22. The van der Waals surface area contributed by atoms with E-state index in [0.717, 1.165) is 43.9 Å². The molecule has 7 nitrogen and oxygen atoms in total. The van der Waals surface area contributed by atoms with Crippen molar-refractivity contribution in [1.82, 2.24) is 15.5 Å². The lowest BCUT2D eigenvalue weighted by atomic mass is 10.1. The molecule has 1 aliphatic heterocycles. The third-order valence-corrected chi connectivity index (χ3v) is 5.38. The molecule has 166 valence electrons. The Morgan fingerprint density at radius 2 is 1.90 bits per heavy atom. The standard InChI is InChI=1S/C24H33N5O2/c1-28(2)23(30)17-26-24(25-15-13-19-9-5-4-6-10-19)27-20-14-16-29(18-20)21-11-7-8-12-22(21)31-3/h4-12,20H,13-18H2,1-3H3,(H2,25,26,27). The molecular weight excluding hydrogens is 390 g/mol. The number of amides is 1. The molecule has 2 aromatic rings. The van der Waals surface area contributed by atoms with E-state index in [0.29, 0.717) is 5.96 Å². The van der Waals surface area contributed by atoms with Gasteiger partial charge in [-0.3, -0.25) is 4.79 Å². The quantitative estimate of drug-likeness (QED) is 0.503. The smallest absolute Gasteiger partial charge is 0.243 e. The van der Waals surface area contributed by atoms with Crippen LogP contribution in [0.5, 0.6) is 5.75 Å². The number of benzene rings is 2. The van der Waals surface area contributed by atoms with E-state index in [9.17, 15) is 4.79 Å². The van der Waals surface area contributed by atoms with E-state index in [1.807, 2.05) is 36.4 Å². The molecule has 0 saturated carbocycles. The highest BCUT2D eigenvalue weighted by Crippen LogP contribution is 2.30. The van der Waals surface area contributed by atoms with Crippen molar-refractivity contribution in [3.8, 4) is 5.75 Å². The maximum absolute atomic E-state index is 12.0. The van der Waals surface area contributed by atoms with Crippen LogP contribution in [-0.4, -0.2) is 70.2 Å². The third-order valence-electron chi connectivity index (χ3n) is 5.38. The fourth-order valence-electron chi connectivity index (χ4n) is 3.59. The Morgan fingerprint density at radius 1 is 1.16 bits per heavy atom. The Labute approximate surface area is 185 Å². The normalized spacial score (nSPS) is 16.2. The number of carbonyl (C=O) groups excluding carboxylic acids is 1. The molecule has 2 N–H and O–H groups in total. The van der Waals surface area contributed by atoms with E-state index >= 15 is 0 Å². The molecule has 1 amide bonds. The highest BCUT2D eigenvalue weighted by molar-refractivity contribution is 5.85. The van der Waals surface area contributed by atoms with Gasteiger partial charge in [-0.05, 0) is 30.5 Å². The van der Waals surface area contributed by atoms with Crippen molar-refractivity contribution in [2.75, 3.05) is 52.3 Å². The number of guanidine groups is 1. The molecule has 1 heterocycles. The van der Waals surface area contributed by atoms with E-state index in [4.69, 9.17) is 4.74 Å². The molecule has 2 aromatic carbocycles. The largest absolute Gasteiger partial charge is 0.495 e. The van der Waals surface area contributed by atoms with Crippen LogP contribution in [0.2, 0.25) is 0 Å². The maximum atomic E-state index is 12.0. The minimum Gasteiger partial charge on any atom is -0.495 e. The molecule has 1 fully saturated rings. The van der Waals surface area contributed by atoms with E-state index < -0.39 is 0 Å². The minimum atomic E-state index is -0.0220. The van der Waals surface area contributed by atoms with Gasteiger partial charge >= 0.3 is 0 Å². The van der Waals surface area contributed by atoms with Crippen LogP contribution in [-0.2, 0) is 11.2 Å². The number of para-hydroxylation sites is 2. The van der Waals surface area contributed by atoms with Gasteiger partial charge in [0.2, 0.25) is 5.91 Å². The van der Waals surface area contributed by atoms with Gasteiger partial charge in [0.25, 0.3) is 0 Å². The molecular formula is C24H33N5O2. The maximum Gasteiger partial charge on any atom is 0.243 e. The summed E-state index contributed by atoms with van der Waals surface area (Å²) >= 11 is 0. The number of nitrogens with one attached hydrogen (secondary N) is 2. The lowest BCUT2D eigenvalue weighted by Gasteiger charge is -2.22. The number of rotatable bonds is 8. The van der Waals surface area contributed by atoms with Crippen molar-refractivity contribution >= 4 is 17.6 Å². The molecule has 0 bridgehead atoms. The van der Waals surface area contributed by atoms with Crippen LogP contribution in [0, 0.1) is 0 Å². The Morgan fingerprint density at radius 3 is 2.65 bits per heavy atom. The number of methoxy groups -OCH3 is 1. The van der Waals surface area contributed by atoms with Gasteiger partial charge in [-0.25, -0.2) is 4.99 Å². The van der Waals surface area contributed by atoms with Gasteiger partial charge in [-0.2, -0.15) is 0 Å². The predicted octanol–water partition coefficient (Wildman–Crippen LogP) is 2.14. The van der Waals surface area contributed by atoms with Gasteiger partial charge < -0.3 is 25.2 Å². The summed E-state index contributed by atoms with van der Waals surface area (Å²) in [6.45, 7) is 2.65. The van der Waals surface area contributed by atoms with Gasteiger partial charge in [-0.1, -0.05) is 42.5 Å². The zero-order chi connectivity index (χ0) is 22.1. The van der Waals surface area contributed by atoms with Crippen LogP contribution in [0.1, 0.15) is 12.0 Å². The molecule has 1 atom stereocenters. The Kier molecular flexibility index (Phi) is 8.15. The van der Waals surface area contributed by atoms with Crippen molar-refractivity contribution in [2.24, 2.45) is 4.99 Å². The summed E-state index contributed by atoms with van der Waals surface area (Å²) in [5.74, 6) is 1.54. The van der Waals surface area contributed by atoms with Crippen LogP contribution in [0.25, 0.3) is 0 Å². The number of hydrogen-bond acceptors (Lipinski definition) is 4. The first-order chi connectivity index (χ1) is 15.1. The summed E-state index contributed by atoms with van der Waals surface area (Å²) in [6.07, 6.45) is 1.88. The summed E-state index contributed by atoms with van der Waals surface area (Å²) in [4.78, 5) is 20.4. The summed E-state index contributed by atoms with van der Waals surface area (Å²) in [5.41, 5.74) is 2.37. The zero-order valence-electron chi connectivity index (χ0n) is 18.7. The monoisotopic (exact) mass is 423 g/mol. The number of likely N-dealkylation sites (N-methyl/N-ethyl adjacent to an activating group) is 1. The molecule has 31 heavy (non-hydrogen) atoms. The molecule has 3 rings (SSSR count). The number of aliphatic imine (C=N–C) groups is 1. The van der Waals surface area contributed by atoms with Crippen molar-refractivity contribution in [2.45, 2.75) is 18.9 Å². The van der Waals surface area contributed by atoms with E-state index in [-0.39, 0.29) is 18.5 Å². The number of ether oxygens (including phenoxy) is 1. The molecule has 1 saturated heterocycles. The number of nitrogens with zero attached hydrogens (tertiary/aromatic N) is 3. The molecule has 0 radical (unpaired) electrons. The topological polar surface area (TPSA) is 69.2 Å². The first kappa shape index (κ1) is 22.5. The summed E-state index contributed by atoms with van der Waals surface area (Å²) in [5, 5.41) is 6.91. The zero-order valence-corrected chi connectivity index (χ0v) is 18.7. The van der Waals surface area contributed by atoms with Gasteiger partial charge in [0, 0.05) is 39.8 Å². The van der Waals surface area contributed by atoms with Crippen LogP contribution in [0.4, 0.5) is 5.69 Å². The number of hydrogen-bond donors (Lipinski definition) is 2. The first-order valence-electron chi connectivity index (χ1n) is 10.7. The summed E-state index contributed by atoms with van der Waals surface area (Å²) in [7, 11) is 5.19. The predicted molar refractivity (Wildman–Crippen MR) is 126 cm³/mol. The van der Waals surface area contributed by atoms with Gasteiger partial charge in [0.15, 0.2) is 5.96 Å². The summed E-state index contributed by atoms with van der Waals surface area (Å²) < 4.78 is 5.52. The van der Waals surface area contributed by atoms with Crippen molar-refractivity contribution in [3.05, 3.63) is 60.2 Å². The van der Waals surface area contributed by atoms with Crippen molar-refractivity contribution in [1.29, 1.82) is 0 Å². The second-order valence-electron chi connectivity index (χ2n) is 7.86. The van der Waals surface area contributed by atoms with Crippen molar-refractivity contribution in [3.63, 3.8) is 0 Å². The molecule has 0 spiro atoms. The van der Waals surface area contributed by atoms with Gasteiger partial charge in [-0.15, -0.1) is 0 Å². The highest BCUT2D eigenvalue weighted by Gasteiger charge is 2.25. The molecule has 7 heteroatoms. The van der Waals surface area contributed by atoms with Gasteiger partial charge in [0.05, 0.1) is 12.8 Å². The molecule has 0 aromatic heterocycles. The number of anilines is 1. The average molecular weight is 424 g/mol. The van der Waals surface area contributed by atoms with Crippen LogP contribution >= 0.6 is 0 Å². The lowest BCUT2D eigenvalue weighted by molar-refractivity contribution is -0.127. The minimum absolute atomic E-state index is 0.0220. The number of carbonyl (C=O) groups is 1. The lowest BCUT2D eigenvalue weighted by Crippen LogP contribution is -2.45. The van der Waals surface area contributed by atoms with E-state index in [1.165, 1.54) is 5.56 Å². The van der Waals surface area contributed by atoms with E-state index in [1.54, 1.807) is 26.1 Å². The third kappa shape index (κ3) is 6.64. The Bertz CT molecular complexity index is 869. The molecule has 1 unspecified atom stereocenters. The fourth-order valence-corrected chi connectivity index (χ4v) is 3.59. The average Bonchev–Trinajstić information content (AvgIpc) is 3.26.